The Morgan fingerprint density at radius 1 is 1.07 bits per heavy atom. The second-order valence-electron chi connectivity index (χ2n) is 10.1. The Morgan fingerprint density at radius 2 is 1.90 bits per heavy atom. The number of benzene rings is 3. The molecule has 1 aliphatic rings. The molecule has 0 bridgehead atoms. The number of rotatable bonds is 10. The van der Waals surface area contributed by atoms with Crippen molar-refractivity contribution in [3.63, 3.8) is 0 Å². The van der Waals surface area contributed by atoms with E-state index in [4.69, 9.17) is 14.2 Å². The number of methoxy groups -OCH3 is 1. The number of aromatic nitrogens is 2. The lowest BCUT2D eigenvalue weighted by atomic mass is 10.00. The number of halogens is 4. The molecular formula is C30H27F4N3O3S. The van der Waals surface area contributed by atoms with Crippen molar-refractivity contribution < 1.29 is 31.8 Å². The van der Waals surface area contributed by atoms with Gasteiger partial charge >= 0.3 is 0 Å². The number of ether oxygens (including phenoxy) is 3. The Hall–Kier alpha value is -3.83. The first-order valence-corrected chi connectivity index (χ1v) is 13.9. The van der Waals surface area contributed by atoms with Crippen molar-refractivity contribution >= 4 is 32.3 Å². The first-order chi connectivity index (χ1) is 19.7. The summed E-state index contributed by atoms with van der Waals surface area (Å²) in [5.74, 6) is -2.28. The Bertz CT molecular complexity index is 1710. The zero-order chi connectivity index (χ0) is 28.7. The number of hydrogen-bond acceptors (Lipinski definition) is 6. The van der Waals surface area contributed by atoms with E-state index in [0.717, 1.165) is 28.6 Å². The standard InChI is InChI=1S/C30H27F4N3O3S/c1-30(33,34)23-12-17(32)4-6-20(23)29-27(21-7-8-24-22(14-35-36-24)28(21)41-29)40-18-5-9-25(26(13-18)38-2)39-19-15-37(16-19)11-3-10-31/h4-9,12-14,19H,3,10-11,15-16H2,1-2H3,(H,35,36). The van der Waals surface area contributed by atoms with Gasteiger partial charge in [-0.3, -0.25) is 14.4 Å². The first kappa shape index (κ1) is 27.3. The van der Waals surface area contributed by atoms with Gasteiger partial charge in [-0.2, -0.15) is 5.10 Å². The average Bonchev–Trinajstić information content (AvgIpc) is 3.55. The molecule has 2 aromatic heterocycles. The van der Waals surface area contributed by atoms with Gasteiger partial charge in [-0.05, 0) is 42.8 Å². The van der Waals surface area contributed by atoms with Crippen molar-refractivity contribution in [1.29, 1.82) is 0 Å². The summed E-state index contributed by atoms with van der Waals surface area (Å²) >= 11 is 1.28. The zero-order valence-electron chi connectivity index (χ0n) is 22.3. The summed E-state index contributed by atoms with van der Waals surface area (Å²) in [6, 6.07) is 12.2. The minimum Gasteiger partial charge on any atom is -0.493 e. The number of likely N-dealkylation sites (tertiary alicyclic amines) is 1. The molecule has 41 heavy (non-hydrogen) atoms. The summed E-state index contributed by atoms with van der Waals surface area (Å²) in [5, 5.41) is 8.57. The molecule has 0 radical (unpaired) electrons. The summed E-state index contributed by atoms with van der Waals surface area (Å²) in [4.78, 5) is 2.56. The maximum atomic E-state index is 14.7. The normalized spacial score (nSPS) is 14.5. The zero-order valence-corrected chi connectivity index (χ0v) is 23.2. The molecule has 0 unspecified atom stereocenters. The summed E-state index contributed by atoms with van der Waals surface area (Å²) in [5.41, 5.74) is 0.542. The topological polar surface area (TPSA) is 59.6 Å². The smallest absolute Gasteiger partial charge is 0.271 e. The van der Waals surface area contributed by atoms with E-state index in [9.17, 15) is 17.6 Å². The van der Waals surface area contributed by atoms with Gasteiger partial charge in [0.2, 0.25) is 0 Å². The molecule has 5 aromatic rings. The lowest BCUT2D eigenvalue weighted by molar-refractivity contribution is 0.0169. The van der Waals surface area contributed by atoms with E-state index in [1.54, 1.807) is 24.4 Å². The molecule has 0 saturated carbocycles. The van der Waals surface area contributed by atoms with E-state index in [1.165, 1.54) is 30.6 Å². The van der Waals surface area contributed by atoms with Gasteiger partial charge in [0.25, 0.3) is 5.92 Å². The Morgan fingerprint density at radius 3 is 2.66 bits per heavy atom. The second-order valence-corrected chi connectivity index (χ2v) is 11.1. The average molecular weight is 586 g/mol. The highest BCUT2D eigenvalue weighted by Crippen LogP contribution is 2.51. The molecule has 3 heterocycles. The maximum Gasteiger partial charge on any atom is 0.271 e. The van der Waals surface area contributed by atoms with Gasteiger partial charge in [0.05, 0.1) is 30.4 Å². The number of alkyl halides is 3. The van der Waals surface area contributed by atoms with E-state index >= 15 is 0 Å². The molecule has 0 aliphatic carbocycles. The third kappa shape index (κ3) is 5.31. The minimum absolute atomic E-state index is 0.0346. The lowest BCUT2D eigenvalue weighted by Gasteiger charge is -2.39. The molecule has 6 nitrogen and oxygen atoms in total. The van der Waals surface area contributed by atoms with Crippen LogP contribution in [0.5, 0.6) is 23.0 Å². The van der Waals surface area contributed by atoms with Crippen LogP contribution >= 0.6 is 11.3 Å². The minimum atomic E-state index is -3.29. The highest BCUT2D eigenvalue weighted by atomic mass is 32.1. The third-order valence-electron chi connectivity index (χ3n) is 7.11. The third-order valence-corrected chi connectivity index (χ3v) is 8.36. The van der Waals surface area contributed by atoms with Crippen LogP contribution in [-0.2, 0) is 5.92 Å². The summed E-state index contributed by atoms with van der Waals surface area (Å²) < 4.78 is 74.8. The molecule has 0 amide bonds. The van der Waals surface area contributed by atoms with Gasteiger partial charge in [-0.15, -0.1) is 11.3 Å². The molecule has 1 aliphatic heterocycles. The van der Waals surface area contributed by atoms with Crippen molar-refractivity contribution in [2.75, 3.05) is 33.4 Å². The number of hydrogen-bond donors (Lipinski definition) is 1. The molecule has 3 aromatic carbocycles. The Kier molecular flexibility index (Phi) is 7.25. The lowest BCUT2D eigenvalue weighted by Crippen LogP contribution is -2.53. The Labute approximate surface area is 237 Å². The summed E-state index contributed by atoms with van der Waals surface area (Å²) in [7, 11) is 1.52. The fourth-order valence-corrected chi connectivity index (χ4v) is 6.36. The molecule has 11 heteroatoms. The molecular weight excluding hydrogens is 558 g/mol. The molecule has 0 spiro atoms. The first-order valence-electron chi connectivity index (χ1n) is 13.1. The maximum absolute atomic E-state index is 14.7. The predicted molar refractivity (Wildman–Crippen MR) is 151 cm³/mol. The number of thiophene rings is 1. The van der Waals surface area contributed by atoms with Crippen LogP contribution in [0.3, 0.4) is 0 Å². The SMILES string of the molecule is COc1cc(Oc2c(-c3ccc(F)cc3C(C)(F)F)sc3c2ccc2[nH]ncc23)ccc1OC1CN(CCCF)C1. The van der Waals surface area contributed by atoms with Crippen LogP contribution in [-0.4, -0.2) is 54.6 Å². The summed E-state index contributed by atoms with van der Waals surface area (Å²) in [6.07, 6.45) is 2.14. The van der Waals surface area contributed by atoms with E-state index in [2.05, 4.69) is 15.1 Å². The van der Waals surface area contributed by atoms with Crippen molar-refractivity contribution in [2.45, 2.75) is 25.4 Å². The molecule has 1 saturated heterocycles. The van der Waals surface area contributed by atoms with Crippen LogP contribution < -0.4 is 14.2 Å². The number of nitrogens with one attached hydrogen (secondary N) is 1. The van der Waals surface area contributed by atoms with E-state index < -0.39 is 17.3 Å². The molecule has 6 rings (SSSR count). The van der Waals surface area contributed by atoms with Crippen LogP contribution in [0.4, 0.5) is 17.6 Å². The van der Waals surface area contributed by atoms with Gasteiger partial charge in [-0.25, -0.2) is 13.2 Å². The van der Waals surface area contributed by atoms with E-state index in [0.29, 0.717) is 59.3 Å². The fourth-order valence-electron chi connectivity index (χ4n) is 5.08. The second kappa shape index (κ2) is 10.9. The van der Waals surface area contributed by atoms with E-state index in [-0.39, 0.29) is 18.3 Å². The van der Waals surface area contributed by atoms with Gasteiger partial charge < -0.3 is 14.2 Å². The van der Waals surface area contributed by atoms with Gasteiger partial charge in [-0.1, -0.05) is 6.07 Å². The van der Waals surface area contributed by atoms with Crippen molar-refractivity contribution in [3.8, 4) is 33.4 Å². The van der Waals surface area contributed by atoms with Crippen molar-refractivity contribution in [3.05, 3.63) is 66.1 Å². The highest BCUT2D eigenvalue weighted by Gasteiger charge is 2.32. The Balaban J connectivity index is 1.38. The monoisotopic (exact) mass is 585 g/mol. The van der Waals surface area contributed by atoms with Crippen LogP contribution in [0.1, 0.15) is 18.9 Å². The number of aromatic amines is 1. The van der Waals surface area contributed by atoms with Crippen LogP contribution in [0, 0.1) is 5.82 Å². The number of nitrogens with zero attached hydrogens (tertiary/aromatic N) is 2. The van der Waals surface area contributed by atoms with Crippen molar-refractivity contribution in [2.24, 2.45) is 0 Å². The van der Waals surface area contributed by atoms with Gasteiger partial charge in [0.15, 0.2) is 17.2 Å². The van der Waals surface area contributed by atoms with Gasteiger partial charge in [0, 0.05) is 59.2 Å². The van der Waals surface area contributed by atoms with Crippen LogP contribution in [0.25, 0.3) is 31.4 Å². The molecule has 1 N–H and O–H groups in total. The largest absolute Gasteiger partial charge is 0.493 e. The number of fused-ring (bicyclic) bond motifs is 3. The molecule has 214 valence electrons. The predicted octanol–water partition coefficient (Wildman–Crippen LogP) is 7.92. The van der Waals surface area contributed by atoms with Crippen LogP contribution in [0.2, 0.25) is 0 Å². The van der Waals surface area contributed by atoms with Crippen molar-refractivity contribution in [1.82, 2.24) is 15.1 Å². The fraction of sp³-hybridized carbons (Fsp3) is 0.300. The molecule has 1 fully saturated rings. The van der Waals surface area contributed by atoms with Crippen LogP contribution in [0.15, 0.2) is 54.7 Å². The highest BCUT2D eigenvalue weighted by molar-refractivity contribution is 7.23. The molecule has 0 atom stereocenters. The van der Waals surface area contributed by atoms with E-state index in [1.807, 2.05) is 12.1 Å². The van der Waals surface area contributed by atoms with Gasteiger partial charge in [0.1, 0.15) is 17.7 Å². The quantitative estimate of drug-likeness (QED) is 0.169. The summed E-state index contributed by atoms with van der Waals surface area (Å²) in [6.45, 7) is 2.52. The number of H-pyrrole nitrogens is 1.